The number of halogens is 2. The van der Waals surface area contributed by atoms with E-state index < -0.39 is 5.97 Å². The van der Waals surface area contributed by atoms with Crippen molar-refractivity contribution < 1.29 is 18.7 Å². The maximum absolute atomic E-state index is 14.9. The lowest BCUT2D eigenvalue weighted by Crippen LogP contribution is -2.29. The standard InChI is InChI=1S/C24H22F2N4O2/c1-14-21(30-17(13-27-28-30)11-15-5-7-16(25)8-6-15)9-10-22-19(12-23(31)32)18-3-2-4-20(26)24(18)29(14)22/h2-8,13-14,21H,9-12H2,1H3,(H,31,32). The Hall–Kier alpha value is -3.55. The van der Waals surface area contributed by atoms with E-state index in [0.29, 0.717) is 29.3 Å². The summed E-state index contributed by atoms with van der Waals surface area (Å²) in [5.74, 6) is -1.58. The Balaban J connectivity index is 1.56. The molecule has 0 radical (unpaired) electrons. The van der Waals surface area contributed by atoms with Gasteiger partial charge in [-0.1, -0.05) is 29.5 Å². The predicted molar refractivity (Wildman–Crippen MR) is 115 cm³/mol. The van der Waals surface area contributed by atoms with Crippen LogP contribution >= 0.6 is 0 Å². The van der Waals surface area contributed by atoms with Gasteiger partial charge in [-0.2, -0.15) is 0 Å². The van der Waals surface area contributed by atoms with Gasteiger partial charge in [-0.3, -0.25) is 4.79 Å². The number of benzene rings is 2. The smallest absolute Gasteiger partial charge is 0.307 e. The molecule has 2 atom stereocenters. The third kappa shape index (κ3) is 3.36. The fourth-order valence-electron chi connectivity index (χ4n) is 5.02. The average molecular weight is 436 g/mol. The van der Waals surface area contributed by atoms with Crippen molar-refractivity contribution in [3.63, 3.8) is 0 Å². The van der Waals surface area contributed by atoms with Gasteiger partial charge in [-0.15, -0.1) is 5.10 Å². The molecule has 164 valence electrons. The molecule has 3 heterocycles. The number of aromatic nitrogens is 4. The van der Waals surface area contributed by atoms with E-state index in [9.17, 15) is 18.7 Å². The first kappa shape index (κ1) is 20.4. The van der Waals surface area contributed by atoms with Gasteiger partial charge in [0.2, 0.25) is 0 Å². The van der Waals surface area contributed by atoms with Crippen molar-refractivity contribution in [3.05, 3.63) is 82.8 Å². The minimum absolute atomic E-state index is 0.0756. The van der Waals surface area contributed by atoms with Crippen LogP contribution in [0.3, 0.4) is 0 Å². The van der Waals surface area contributed by atoms with Gasteiger partial charge in [-0.25, -0.2) is 13.5 Å². The highest BCUT2D eigenvalue weighted by atomic mass is 19.1. The quantitative estimate of drug-likeness (QED) is 0.501. The maximum Gasteiger partial charge on any atom is 0.307 e. The highest BCUT2D eigenvalue weighted by molar-refractivity contribution is 5.89. The van der Waals surface area contributed by atoms with Crippen LogP contribution in [0.15, 0.2) is 48.7 Å². The summed E-state index contributed by atoms with van der Waals surface area (Å²) in [5.41, 5.74) is 3.83. The van der Waals surface area contributed by atoms with Gasteiger partial charge in [0.1, 0.15) is 11.6 Å². The highest BCUT2D eigenvalue weighted by Crippen LogP contribution is 2.41. The molecule has 1 N–H and O–H groups in total. The van der Waals surface area contributed by atoms with Gasteiger partial charge >= 0.3 is 5.97 Å². The molecule has 5 rings (SSSR count). The van der Waals surface area contributed by atoms with E-state index in [0.717, 1.165) is 23.4 Å². The van der Waals surface area contributed by atoms with Crippen LogP contribution in [0.4, 0.5) is 8.78 Å². The number of fused-ring (bicyclic) bond motifs is 3. The first-order valence-electron chi connectivity index (χ1n) is 10.6. The largest absolute Gasteiger partial charge is 0.481 e. The minimum Gasteiger partial charge on any atom is -0.481 e. The average Bonchev–Trinajstić information content (AvgIpc) is 3.34. The molecular weight excluding hydrogens is 414 g/mol. The van der Waals surface area contributed by atoms with Crippen LogP contribution in [-0.2, 0) is 24.1 Å². The van der Waals surface area contributed by atoms with Crippen molar-refractivity contribution in [3.8, 4) is 0 Å². The molecule has 1 aliphatic heterocycles. The second-order valence-corrected chi connectivity index (χ2v) is 8.32. The zero-order valence-electron chi connectivity index (χ0n) is 17.5. The third-order valence-electron chi connectivity index (χ3n) is 6.42. The number of nitrogens with zero attached hydrogens (tertiary/aromatic N) is 4. The summed E-state index contributed by atoms with van der Waals surface area (Å²) in [6.07, 6.45) is 3.45. The molecule has 0 amide bonds. The Kier molecular flexibility index (Phi) is 5.00. The summed E-state index contributed by atoms with van der Waals surface area (Å²) in [6.45, 7) is 2.01. The molecule has 0 bridgehead atoms. The molecule has 0 aliphatic carbocycles. The monoisotopic (exact) mass is 436 g/mol. The third-order valence-corrected chi connectivity index (χ3v) is 6.42. The van der Waals surface area contributed by atoms with E-state index in [1.54, 1.807) is 30.5 Å². The molecule has 0 saturated heterocycles. The molecule has 0 saturated carbocycles. The van der Waals surface area contributed by atoms with E-state index >= 15 is 0 Å². The van der Waals surface area contributed by atoms with Crippen molar-refractivity contribution in [1.82, 2.24) is 19.6 Å². The van der Waals surface area contributed by atoms with Gasteiger partial charge in [0.25, 0.3) is 0 Å². The topological polar surface area (TPSA) is 72.9 Å². The molecule has 8 heteroatoms. The molecule has 0 spiro atoms. The molecule has 2 aromatic heterocycles. The number of carbonyl (C=O) groups is 1. The minimum atomic E-state index is -0.933. The van der Waals surface area contributed by atoms with Gasteiger partial charge in [0, 0.05) is 17.5 Å². The number of hydrogen-bond acceptors (Lipinski definition) is 3. The SMILES string of the molecule is CC1C(n2nncc2Cc2ccc(F)cc2)CCc2c(CC(=O)O)c3cccc(F)c3n21. The van der Waals surface area contributed by atoms with Crippen LogP contribution in [0, 0.1) is 11.6 Å². The Labute approximate surface area is 183 Å². The summed E-state index contributed by atoms with van der Waals surface area (Å²) in [6, 6.07) is 10.9. The number of carboxylic acids is 1. The summed E-state index contributed by atoms with van der Waals surface area (Å²) in [5, 5.41) is 18.5. The Morgan fingerprint density at radius 1 is 1.19 bits per heavy atom. The number of hydrogen-bond donors (Lipinski definition) is 1. The fraction of sp³-hybridized carbons (Fsp3) is 0.292. The summed E-state index contributed by atoms with van der Waals surface area (Å²) in [4.78, 5) is 11.5. The molecule has 6 nitrogen and oxygen atoms in total. The normalized spacial score (nSPS) is 18.1. The molecule has 32 heavy (non-hydrogen) atoms. The number of para-hydroxylation sites is 1. The number of carboxylic acid groups (broad SMARTS) is 1. The molecule has 2 aromatic carbocycles. The number of aliphatic carboxylic acids is 1. The summed E-state index contributed by atoms with van der Waals surface area (Å²) in [7, 11) is 0. The lowest BCUT2D eigenvalue weighted by atomic mass is 9.95. The van der Waals surface area contributed by atoms with Crippen LogP contribution in [0.5, 0.6) is 0 Å². The second kappa shape index (κ2) is 7.85. The maximum atomic E-state index is 14.9. The van der Waals surface area contributed by atoms with Gasteiger partial charge in [-0.05, 0) is 49.1 Å². The Morgan fingerprint density at radius 2 is 1.97 bits per heavy atom. The predicted octanol–water partition coefficient (Wildman–Crippen LogP) is 4.48. The van der Waals surface area contributed by atoms with Crippen LogP contribution in [0.2, 0.25) is 0 Å². The molecule has 2 unspecified atom stereocenters. The summed E-state index contributed by atoms with van der Waals surface area (Å²) >= 11 is 0. The van der Waals surface area contributed by atoms with Gasteiger partial charge in [0.05, 0.1) is 35.9 Å². The van der Waals surface area contributed by atoms with E-state index in [1.165, 1.54) is 18.2 Å². The Bertz CT molecular complexity index is 1310. The first-order valence-corrected chi connectivity index (χ1v) is 10.6. The lowest BCUT2D eigenvalue weighted by molar-refractivity contribution is -0.136. The highest BCUT2D eigenvalue weighted by Gasteiger charge is 2.34. The second-order valence-electron chi connectivity index (χ2n) is 8.32. The van der Waals surface area contributed by atoms with E-state index in [1.807, 2.05) is 16.2 Å². The van der Waals surface area contributed by atoms with E-state index in [4.69, 9.17) is 0 Å². The number of rotatable bonds is 5. The molecular formula is C24H22F2N4O2. The van der Waals surface area contributed by atoms with Crippen LogP contribution < -0.4 is 0 Å². The fourth-order valence-corrected chi connectivity index (χ4v) is 5.02. The molecule has 0 fully saturated rings. The van der Waals surface area contributed by atoms with E-state index in [2.05, 4.69) is 10.3 Å². The van der Waals surface area contributed by atoms with E-state index in [-0.39, 0.29) is 30.1 Å². The van der Waals surface area contributed by atoms with Crippen LogP contribution in [-0.4, -0.2) is 30.6 Å². The zero-order chi connectivity index (χ0) is 22.4. The van der Waals surface area contributed by atoms with Crippen molar-refractivity contribution in [2.75, 3.05) is 0 Å². The Morgan fingerprint density at radius 3 is 2.72 bits per heavy atom. The van der Waals surface area contributed by atoms with Crippen molar-refractivity contribution in [2.45, 2.75) is 44.7 Å². The first-order chi connectivity index (χ1) is 15.4. The van der Waals surface area contributed by atoms with Crippen LogP contribution in [0.1, 0.15) is 47.9 Å². The van der Waals surface area contributed by atoms with Crippen LogP contribution in [0.25, 0.3) is 10.9 Å². The van der Waals surface area contributed by atoms with Gasteiger partial charge < -0.3 is 9.67 Å². The van der Waals surface area contributed by atoms with Crippen molar-refractivity contribution in [1.29, 1.82) is 0 Å². The van der Waals surface area contributed by atoms with Crippen molar-refractivity contribution >= 4 is 16.9 Å². The van der Waals surface area contributed by atoms with Gasteiger partial charge in [0.15, 0.2) is 0 Å². The summed E-state index contributed by atoms with van der Waals surface area (Å²) < 4.78 is 32.0. The molecule has 4 aromatic rings. The zero-order valence-corrected chi connectivity index (χ0v) is 17.5. The van der Waals surface area contributed by atoms with Crippen molar-refractivity contribution in [2.24, 2.45) is 0 Å². The lowest BCUT2D eigenvalue weighted by Gasteiger charge is -2.33. The molecule has 1 aliphatic rings.